The van der Waals surface area contributed by atoms with Crippen molar-refractivity contribution < 1.29 is 23.1 Å². The fourth-order valence-electron chi connectivity index (χ4n) is 1.58. The molecular formula is C13H18N2O5S. The molecule has 0 spiro atoms. The maximum absolute atomic E-state index is 12.0. The summed E-state index contributed by atoms with van der Waals surface area (Å²) < 4.78 is 26.4. The van der Waals surface area contributed by atoms with Crippen LogP contribution in [-0.4, -0.2) is 50.9 Å². The first-order valence-corrected chi connectivity index (χ1v) is 7.75. The number of rotatable bonds is 7. The monoisotopic (exact) mass is 314 g/mol. The summed E-state index contributed by atoms with van der Waals surface area (Å²) in [5, 5.41) is 8.49. The lowest BCUT2D eigenvalue weighted by Crippen LogP contribution is -2.26. The molecule has 1 aromatic rings. The van der Waals surface area contributed by atoms with Crippen molar-refractivity contribution in [3.8, 4) is 0 Å². The van der Waals surface area contributed by atoms with Crippen LogP contribution in [0.2, 0.25) is 0 Å². The molecule has 0 aliphatic rings. The molecule has 1 aromatic carbocycles. The summed E-state index contributed by atoms with van der Waals surface area (Å²) in [5.41, 5.74) is 0.272. The molecule has 116 valence electrons. The molecule has 0 aliphatic heterocycles. The molecule has 8 heteroatoms. The minimum Gasteiger partial charge on any atom is -0.481 e. The minimum absolute atomic E-state index is 0.0227. The number of nitrogens with zero attached hydrogens (tertiary/aromatic N) is 1. The third-order valence-corrected chi connectivity index (χ3v) is 4.12. The summed E-state index contributed by atoms with van der Waals surface area (Å²) in [7, 11) is -0.600. The van der Waals surface area contributed by atoms with Crippen LogP contribution in [0.15, 0.2) is 29.2 Å². The van der Waals surface area contributed by atoms with Gasteiger partial charge in [0, 0.05) is 32.6 Å². The van der Waals surface area contributed by atoms with Gasteiger partial charge in [0.1, 0.15) is 0 Å². The molecule has 21 heavy (non-hydrogen) atoms. The van der Waals surface area contributed by atoms with E-state index in [0.717, 1.165) is 0 Å². The van der Waals surface area contributed by atoms with Gasteiger partial charge in [-0.3, -0.25) is 9.59 Å². The van der Waals surface area contributed by atoms with E-state index in [4.69, 9.17) is 5.11 Å². The van der Waals surface area contributed by atoms with Gasteiger partial charge in [0.05, 0.1) is 4.90 Å². The Hall–Kier alpha value is -1.93. The lowest BCUT2D eigenvalue weighted by molar-refractivity contribution is -0.137. The minimum atomic E-state index is -3.75. The third kappa shape index (κ3) is 5.16. The zero-order chi connectivity index (χ0) is 16.0. The van der Waals surface area contributed by atoms with Crippen LogP contribution in [0.5, 0.6) is 0 Å². The number of carboxylic acid groups (broad SMARTS) is 1. The van der Waals surface area contributed by atoms with Crippen molar-refractivity contribution in [1.82, 2.24) is 9.62 Å². The molecule has 0 bridgehead atoms. The second-order valence-corrected chi connectivity index (χ2v) is 6.39. The van der Waals surface area contributed by atoms with Crippen molar-refractivity contribution >= 4 is 21.9 Å². The van der Waals surface area contributed by atoms with Crippen LogP contribution in [0.1, 0.15) is 23.2 Å². The highest BCUT2D eigenvalue weighted by Gasteiger charge is 2.16. The van der Waals surface area contributed by atoms with E-state index in [1.165, 1.54) is 29.2 Å². The maximum Gasteiger partial charge on any atom is 0.303 e. The quantitative estimate of drug-likeness (QED) is 0.715. The predicted molar refractivity (Wildman–Crippen MR) is 76.5 cm³/mol. The van der Waals surface area contributed by atoms with Gasteiger partial charge in [-0.25, -0.2) is 13.1 Å². The van der Waals surface area contributed by atoms with Crippen LogP contribution < -0.4 is 4.72 Å². The predicted octanol–water partition coefficient (Wildman–Crippen LogP) is 0.531. The second-order valence-electron chi connectivity index (χ2n) is 4.62. The first-order chi connectivity index (χ1) is 9.74. The van der Waals surface area contributed by atoms with Gasteiger partial charge in [-0.2, -0.15) is 0 Å². The highest BCUT2D eigenvalue weighted by molar-refractivity contribution is 7.89. The summed E-state index contributed by atoms with van der Waals surface area (Å²) in [6, 6.07) is 5.70. The third-order valence-electron chi connectivity index (χ3n) is 2.66. The smallest absolute Gasteiger partial charge is 0.303 e. The normalized spacial score (nSPS) is 11.1. The van der Waals surface area contributed by atoms with Crippen LogP contribution >= 0.6 is 0 Å². The van der Waals surface area contributed by atoms with Gasteiger partial charge in [-0.1, -0.05) is 6.07 Å². The molecule has 0 heterocycles. The van der Waals surface area contributed by atoms with Crippen LogP contribution in [0, 0.1) is 0 Å². The average molecular weight is 314 g/mol. The molecule has 0 radical (unpaired) electrons. The van der Waals surface area contributed by atoms with Crippen LogP contribution in [0.25, 0.3) is 0 Å². The second kappa shape index (κ2) is 7.19. The van der Waals surface area contributed by atoms with E-state index in [0.29, 0.717) is 0 Å². The Morgan fingerprint density at radius 3 is 2.52 bits per heavy atom. The number of carbonyl (C=O) groups is 2. The van der Waals surface area contributed by atoms with Gasteiger partial charge in [0.25, 0.3) is 5.91 Å². The van der Waals surface area contributed by atoms with Crippen LogP contribution in [0.4, 0.5) is 0 Å². The molecule has 1 rings (SSSR count). The highest BCUT2D eigenvalue weighted by atomic mass is 32.2. The van der Waals surface area contributed by atoms with Crippen LogP contribution in [0.3, 0.4) is 0 Å². The molecule has 0 saturated carbocycles. The number of sulfonamides is 1. The summed E-state index contributed by atoms with van der Waals surface area (Å²) in [4.78, 5) is 23.5. The Labute approximate surface area is 123 Å². The van der Waals surface area contributed by atoms with Crippen molar-refractivity contribution in [2.24, 2.45) is 0 Å². The lowest BCUT2D eigenvalue weighted by atomic mass is 10.2. The first-order valence-electron chi connectivity index (χ1n) is 6.27. The Morgan fingerprint density at radius 1 is 1.29 bits per heavy atom. The number of carboxylic acids is 1. The summed E-state index contributed by atoms with van der Waals surface area (Å²) in [6.07, 6.45) is 0.0898. The molecule has 0 fully saturated rings. The van der Waals surface area contributed by atoms with E-state index in [9.17, 15) is 18.0 Å². The fraction of sp³-hybridized carbons (Fsp3) is 0.385. The van der Waals surface area contributed by atoms with Gasteiger partial charge >= 0.3 is 5.97 Å². The van der Waals surface area contributed by atoms with Gasteiger partial charge in [0.15, 0.2) is 0 Å². The van der Waals surface area contributed by atoms with E-state index < -0.39 is 16.0 Å². The Kier molecular flexibility index (Phi) is 5.86. The molecule has 0 saturated heterocycles. The molecule has 0 aromatic heterocycles. The number of hydrogen-bond donors (Lipinski definition) is 2. The van der Waals surface area contributed by atoms with Gasteiger partial charge in [-0.05, 0) is 24.6 Å². The Bertz CT molecular complexity index is 625. The van der Waals surface area contributed by atoms with E-state index in [1.807, 2.05) is 0 Å². The molecule has 0 aliphatic carbocycles. The lowest BCUT2D eigenvalue weighted by Gasteiger charge is -2.11. The van der Waals surface area contributed by atoms with E-state index in [-0.39, 0.29) is 35.8 Å². The van der Waals surface area contributed by atoms with Crippen LogP contribution in [-0.2, 0) is 14.8 Å². The number of nitrogens with one attached hydrogen (secondary N) is 1. The fourth-order valence-corrected chi connectivity index (χ4v) is 2.70. The summed E-state index contributed by atoms with van der Waals surface area (Å²) in [5.74, 6) is -1.27. The number of carbonyl (C=O) groups excluding carboxylic acids is 1. The van der Waals surface area contributed by atoms with Gasteiger partial charge in [0.2, 0.25) is 10.0 Å². The first kappa shape index (κ1) is 17.1. The van der Waals surface area contributed by atoms with E-state index >= 15 is 0 Å². The number of amides is 1. The molecule has 2 N–H and O–H groups in total. The number of hydrogen-bond acceptors (Lipinski definition) is 4. The van der Waals surface area contributed by atoms with Crippen molar-refractivity contribution in [2.75, 3.05) is 20.6 Å². The number of benzene rings is 1. The zero-order valence-electron chi connectivity index (χ0n) is 11.9. The summed E-state index contributed by atoms with van der Waals surface area (Å²) >= 11 is 0. The van der Waals surface area contributed by atoms with Crippen molar-refractivity contribution in [2.45, 2.75) is 17.7 Å². The highest BCUT2D eigenvalue weighted by Crippen LogP contribution is 2.12. The van der Waals surface area contributed by atoms with E-state index in [2.05, 4.69) is 4.72 Å². The average Bonchev–Trinajstić information content (AvgIpc) is 2.42. The van der Waals surface area contributed by atoms with Crippen molar-refractivity contribution in [3.63, 3.8) is 0 Å². The summed E-state index contributed by atoms with van der Waals surface area (Å²) in [6.45, 7) is 0.0283. The van der Waals surface area contributed by atoms with Crippen molar-refractivity contribution in [1.29, 1.82) is 0 Å². The molecule has 0 atom stereocenters. The molecule has 1 amide bonds. The SMILES string of the molecule is CN(C)C(=O)c1cccc(S(=O)(=O)NCCCC(=O)O)c1. The molecule has 7 nitrogen and oxygen atoms in total. The van der Waals surface area contributed by atoms with Gasteiger partial charge in [-0.15, -0.1) is 0 Å². The Morgan fingerprint density at radius 2 is 1.95 bits per heavy atom. The number of aliphatic carboxylic acids is 1. The van der Waals surface area contributed by atoms with E-state index in [1.54, 1.807) is 14.1 Å². The van der Waals surface area contributed by atoms with Crippen molar-refractivity contribution in [3.05, 3.63) is 29.8 Å². The Balaban J connectivity index is 2.81. The zero-order valence-corrected chi connectivity index (χ0v) is 12.7. The molecular weight excluding hydrogens is 296 g/mol. The maximum atomic E-state index is 12.0. The standard InChI is InChI=1S/C13H18N2O5S/c1-15(2)13(18)10-5-3-6-11(9-10)21(19,20)14-8-4-7-12(16)17/h3,5-6,9,14H,4,7-8H2,1-2H3,(H,16,17). The molecule has 0 unspecified atom stereocenters. The largest absolute Gasteiger partial charge is 0.481 e. The topological polar surface area (TPSA) is 104 Å². The van der Waals surface area contributed by atoms with Gasteiger partial charge < -0.3 is 10.0 Å².